The molecule has 0 spiro atoms. The summed E-state index contributed by atoms with van der Waals surface area (Å²) in [6.45, 7) is 0. The molecule has 0 saturated carbocycles. The second-order valence-corrected chi connectivity index (χ2v) is 3.74. The Balaban J connectivity index is 2.22. The Labute approximate surface area is 88.6 Å². The summed E-state index contributed by atoms with van der Waals surface area (Å²) in [6, 6.07) is 4.38. The third-order valence-corrected chi connectivity index (χ3v) is 2.43. The predicted octanol–water partition coefficient (Wildman–Crippen LogP) is 3.07. The van der Waals surface area contributed by atoms with Gasteiger partial charge in [-0.15, -0.1) is 10.2 Å². The molecule has 72 valence electrons. The van der Waals surface area contributed by atoms with Crippen LogP contribution in [0.3, 0.4) is 0 Å². The Morgan fingerprint density at radius 3 is 2.93 bits per heavy atom. The van der Waals surface area contributed by atoms with E-state index in [0.29, 0.717) is 10.8 Å². The van der Waals surface area contributed by atoms with E-state index in [1.165, 1.54) is 23.5 Å². The van der Waals surface area contributed by atoms with Gasteiger partial charge in [-0.3, -0.25) is 0 Å². The van der Waals surface area contributed by atoms with E-state index < -0.39 is 5.82 Å². The van der Waals surface area contributed by atoms with Crippen LogP contribution >= 0.6 is 22.9 Å². The number of halogens is 2. The lowest BCUT2D eigenvalue weighted by Crippen LogP contribution is -1.90. The highest BCUT2D eigenvalue weighted by Gasteiger charge is 2.02. The fraction of sp³-hybridized carbons (Fsp3) is 0. The number of benzene rings is 1. The molecule has 14 heavy (non-hydrogen) atoms. The third-order valence-electron chi connectivity index (χ3n) is 1.53. The lowest BCUT2D eigenvalue weighted by atomic mass is 10.3. The van der Waals surface area contributed by atoms with Crippen LogP contribution in [0.2, 0.25) is 5.02 Å². The Kier molecular flexibility index (Phi) is 2.60. The first-order valence-corrected chi connectivity index (χ1v) is 5.00. The second kappa shape index (κ2) is 3.89. The van der Waals surface area contributed by atoms with Gasteiger partial charge in [0.25, 0.3) is 0 Å². The first-order chi connectivity index (χ1) is 6.75. The summed E-state index contributed by atoms with van der Waals surface area (Å²) in [4.78, 5) is 0. The quantitative estimate of drug-likeness (QED) is 0.860. The summed E-state index contributed by atoms with van der Waals surface area (Å²) in [5, 5.41) is 11.1. The number of hydrogen-bond acceptors (Lipinski definition) is 4. The number of hydrogen-bond donors (Lipinski definition) is 1. The number of rotatable bonds is 2. The minimum atomic E-state index is -0.436. The van der Waals surface area contributed by atoms with Crippen LogP contribution in [0.25, 0.3) is 0 Å². The molecular weight excluding hydrogens is 225 g/mol. The summed E-state index contributed by atoms with van der Waals surface area (Å²) >= 11 is 6.96. The summed E-state index contributed by atoms with van der Waals surface area (Å²) in [5.41, 5.74) is 2.29. The molecule has 6 heteroatoms. The molecule has 0 saturated heterocycles. The van der Waals surface area contributed by atoms with Crippen molar-refractivity contribution in [3.05, 3.63) is 34.5 Å². The fourth-order valence-corrected chi connectivity index (χ4v) is 1.57. The Bertz CT molecular complexity index is 432. The molecule has 2 aromatic rings. The van der Waals surface area contributed by atoms with Gasteiger partial charge in [0.15, 0.2) is 0 Å². The standard InChI is InChI=1S/C8H5ClFN3S/c9-6-3-5(1-2-7(6)10)12-8-13-11-4-14-8/h1-4H,(H,12,13). The van der Waals surface area contributed by atoms with Crippen LogP contribution in [0.1, 0.15) is 0 Å². The minimum absolute atomic E-state index is 0.0829. The van der Waals surface area contributed by atoms with E-state index in [1.54, 1.807) is 11.6 Å². The van der Waals surface area contributed by atoms with Crippen molar-refractivity contribution in [3.63, 3.8) is 0 Å². The molecule has 0 aliphatic carbocycles. The Morgan fingerprint density at radius 1 is 1.43 bits per heavy atom. The molecule has 0 unspecified atom stereocenters. The number of nitrogens with one attached hydrogen (secondary N) is 1. The highest BCUT2D eigenvalue weighted by molar-refractivity contribution is 7.13. The summed E-state index contributed by atoms with van der Waals surface area (Å²) < 4.78 is 12.8. The maximum atomic E-state index is 12.8. The molecule has 0 aliphatic rings. The largest absolute Gasteiger partial charge is 0.330 e. The van der Waals surface area contributed by atoms with E-state index in [9.17, 15) is 4.39 Å². The van der Waals surface area contributed by atoms with Gasteiger partial charge >= 0.3 is 0 Å². The van der Waals surface area contributed by atoms with Gasteiger partial charge in [-0.1, -0.05) is 22.9 Å². The van der Waals surface area contributed by atoms with Crippen molar-refractivity contribution >= 4 is 33.8 Å². The smallest absolute Gasteiger partial charge is 0.209 e. The molecule has 1 N–H and O–H groups in total. The molecule has 3 nitrogen and oxygen atoms in total. The van der Waals surface area contributed by atoms with Gasteiger partial charge in [-0.25, -0.2) is 4.39 Å². The molecule has 0 atom stereocenters. The van der Waals surface area contributed by atoms with Crippen LogP contribution in [-0.2, 0) is 0 Å². The monoisotopic (exact) mass is 229 g/mol. The molecule has 0 amide bonds. The van der Waals surface area contributed by atoms with Gasteiger partial charge in [0.2, 0.25) is 5.13 Å². The molecule has 1 aromatic carbocycles. The van der Waals surface area contributed by atoms with Crippen LogP contribution < -0.4 is 5.32 Å². The van der Waals surface area contributed by atoms with E-state index in [2.05, 4.69) is 15.5 Å². The van der Waals surface area contributed by atoms with Gasteiger partial charge in [0.1, 0.15) is 11.3 Å². The molecule has 2 rings (SSSR count). The van der Waals surface area contributed by atoms with Crippen LogP contribution in [0.5, 0.6) is 0 Å². The van der Waals surface area contributed by atoms with Gasteiger partial charge < -0.3 is 5.32 Å². The van der Waals surface area contributed by atoms with Gasteiger partial charge in [0.05, 0.1) is 5.02 Å². The van der Waals surface area contributed by atoms with Gasteiger partial charge in [0, 0.05) is 5.69 Å². The zero-order chi connectivity index (χ0) is 9.97. The minimum Gasteiger partial charge on any atom is -0.330 e. The van der Waals surface area contributed by atoms with Crippen LogP contribution in [0.4, 0.5) is 15.2 Å². The van der Waals surface area contributed by atoms with Gasteiger partial charge in [-0.05, 0) is 18.2 Å². The van der Waals surface area contributed by atoms with Crippen molar-refractivity contribution in [3.8, 4) is 0 Å². The van der Waals surface area contributed by atoms with Crippen LogP contribution in [0.15, 0.2) is 23.7 Å². The highest BCUT2D eigenvalue weighted by atomic mass is 35.5. The number of aromatic nitrogens is 2. The van der Waals surface area contributed by atoms with Crippen molar-refractivity contribution in [2.75, 3.05) is 5.32 Å². The van der Waals surface area contributed by atoms with E-state index >= 15 is 0 Å². The first kappa shape index (κ1) is 9.36. The van der Waals surface area contributed by atoms with E-state index in [-0.39, 0.29) is 5.02 Å². The summed E-state index contributed by atoms with van der Waals surface area (Å²) in [7, 11) is 0. The predicted molar refractivity (Wildman–Crippen MR) is 54.6 cm³/mol. The summed E-state index contributed by atoms with van der Waals surface area (Å²) in [6.07, 6.45) is 0. The number of nitrogens with zero attached hydrogens (tertiary/aromatic N) is 2. The Morgan fingerprint density at radius 2 is 2.29 bits per heavy atom. The van der Waals surface area contributed by atoms with Crippen molar-refractivity contribution in [2.45, 2.75) is 0 Å². The van der Waals surface area contributed by atoms with Crippen LogP contribution in [0, 0.1) is 5.82 Å². The van der Waals surface area contributed by atoms with E-state index in [4.69, 9.17) is 11.6 Å². The molecular formula is C8H5ClFN3S. The van der Waals surface area contributed by atoms with Gasteiger partial charge in [-0.2, -0.15) is 0 Å². The van der Waals surface area contributed by atoms with Crippen molar-refractivity contribution < 1.29 is 4.39 Å². The van der Waals surface area contributed by atoms with E-state index in [0.717, 1.165) is 0 Å². The molecule has 0 fully saturated rings. The SMILES string of the molecule is Fc1ccc(Nc2nncs2)cc1Cl. The molecule has 1 aromatic heterocycles. The van der Waals surface area contributed by atoms with Crippen molar-refractivity contribution in [2.24, 2.45) is 0 Å². The number of anilines is 2. The zero-order valence-corrected chi connectivity index (χ0v) is 8.44. The maximum absolute atomic E-state index is 12.8. The zero-order valence-electron chi connectivity index (χ0n) is 6.87. The third kappa shape index (κ3) is 2.00. The second-order valence-electron chi connectivity index (χ2n) is 2.50. The normalized spacial score (nSPS) is 10.1. The van der Waals surface area contributed by atoms with Crippen molar-refractivity contribution in [1.29, 1.82) is 0 Å². The average Bonchev–Trinajstić information content (AvgIpc) is 2.64. The average molecular weight is 230 g/mol. The molecule has 0 bridgehead atoms. The fourth-order valence-electron chi connectivity index (χ4n) is 0.925. The first-order valence-electron chi connectivity index (χ1n) is 3.74. The van der Waals surface area contributed by atoms with E-state index in [1.807, 2.05) is 0 Å². The Hall–Kier alpha value is -1.20. The maximum Gasteiger partial charge on any atom is 0.209 e. The lowest BCUT2D eigenvalue weighted by molar-refractivity contribution is 0.628. The molecule has 1 heterocycles. The van der Waals surface area contributed by atoms with Crippen LogP contribution in [-0.4, -0.2) is 10.2 Å². The lowest BCUT2D eigenvalue weighted by Gasteiger charge is -2.02. The highest BCUT2D eigenvalue weighted by Crippen LogP contribution is 2.22. The topological polar surface area (TPSA) is 37.8 Å². The van der Waals surface area contributed by atoms with Crippen molar-refractivity contribution in [1.82, 2.24) is 10.2 Å². The molecule has 0 aliphatic heterocycles. The molecule has 0 radical (unpaired) electrons. The summed E-state index contributed by atoms with van der Waals surface area (Å²) in [5.74, 6) is -0.436.